The zero-order chi connectivity index (χ0) is 14.4. The number of methoxy groups -OCH3 is 1. The Bertz CT molecular complexity index is 561. The fraction of sp³-hybridized carbons (Fsp3) is 0.385. The molecule has 2 aromatic heterocycles. The van der Waals surface area contributed by atoms with Crippen molar-refractivity contribution < 1.29 is 4.74 Å². The minimum atomic E-state index is 0.620. The second-order valence-corrected chi connectivity index (χ2v) is 5.09. The number of nitrogens with zero attached hydrogens (tertiary/aromatic N) is 4. The van der Waals surface area contributed by atoms with Crippen LogP contribution < -0.4 is 10.1 Å². The number of anilines is 1. The van der Waals surface area contributed by atoms with Gasteiger partial charge >= 0.3 is 0 Å². The molecule has 6 nitrogen and oxygen atoms in total. The fourth-order valence-corrected chi connectivity index (χ4v) is 2.26. The van der Waals surface area contributed by atoms with Gasteiger partial charge in [-0.15, -0.1) is 0 Å². The van der Waals surface area contributed by atoms with E-state index in [0.717, 1.165) is 18.5 Å². The van der Waals surface area contributed by atoms with Gasteiger partial charge in [-0.2, -0.15) is 0 Å². The van der Waals surface area contributed by atoms with Crippen LogP contribution in [0, 0.1) is 6.92 Å². The van der Waals surface area contributed by atoms with Crippen molar-refractivity contribution in [2.75, 3.05) is 19.0 Å². The molecule has 20 heavy (non-hydrogen) atoms. The number of aryl methyl sites for hydroxylation is 1. The maximum absolute atomic E-state index is 5.41. The molecule has 2 aromatic rings. The Hall–Kier alpha value is -1.89. The van der Waals surface area contributed by atoms with E-state index in [-0.39, 0.29) is 0 Å². The highest BCUT2D eigenvalue weighted by atomic mass is 32.2. The van der Waals surface area contributed by atoms with E-state index in [9.17, 15) is 0 Å². The Balaban J connectivity index is 2.24. The van der Waals surface area contributed by atoms with Crippen LogP contribution in [0.5, 0.6) is 5.75 Å². The number of hydrogen-bond acceptors (Lipinski definition) is 7. The first kappa shape index (κ1) is 14.5. The first-order chi connectivity index (χ1) is 9.74. The van der Waals surface area contributed by atoms with Crippen LogP contribution in [0.25, 0.3) is 0 Å². The molecule has 0 spiro atoms. The van der Waals surface area contributed by atoms with E-state index < -0.39 is 0 Å². The van der Waals surface area contributed by atoms with Crippen molar-refractivity contribution >= 4 is 17.6 Å². The van der Waals surface area contributed by atoms with Gasteiger partial charge < -0.3 is 10.1 Å². The summed E-state index contributed by atoms with van der Waals surface area (Å²) < 4.78 is 5.41. The van der Waals surface area contributed by atoms with Crippen LogP contribution in [0.4, 0.5) is 5.82 Å². The summed E-state index contributed by atoms with van der Waals surface area (Å²) in [7, 11) is 1.61. The van der Waals surface area contributed by atoms with Gasteiger partial charge in [-0.1, -0.05) is 6.92 Å². The van der Waals surface area contributed by atoms with Gasteiger partial charge in [0, 0.05) is 18.9 Å². The lowest BCUT2D eigenvalue weighted by Crippen LogP contribution is -2.05. The zero-order valence-electron chi connectivity index (χ0n) is 11.8. The molecule has 0 fully saturated rings. The summed E-state index contributed by atoms with van der Waals surface area (Å²) >= 11 is 1.36. The maximum atomic E-state index is 5.41. The topological polar surface area (TPSA) is 72.8 Å². The SMILES string of the molecule is CCCNc1ncnc(Sc2ncc(C)cn2)c1OC. The van der Waals surface area contributed by atoms with Gasteiger partial charge in [0.25, 0.3) is 0 Å². The molecule has 0 bridgehead atoms. The molecule has 0 amide bonds. The zero-order valence-corrected chi connectivity index (χ0v) is 12.6. The van der Waals surface area contributed by atoms with Crippen molar-refractivity contribution in [3.8, 4) is 5.75 Å². The van der Waals surface area contributed by atoms with E-state index in [1.54, 1.807) is 19.5 Å². The highest BCUT2D eigenvalue weighted by Gasteiger charge is 2.14. The predicted molar refractivity (Wildman–Crippen MR) is 78.3 cm³/mol. The number of nitrogens with one attached hydrogen (secondary N) is 1. The molecule has 1 N–H and O–H groups in total. The molecule has 0 atom stereocenters. The lowest BCUT2D eigenvalue weighted by Gasteiger charge is -2.11. The van der Waals surface area contributed by atoms with Gasteiger partial charge in [0.05, 0.1) is 7.11 Å². The summed E-state index contributed by atoms with van der Waals surface area (Å²) in [4.78, 5) is 17.0. The third kappa shape index (κ3) is 3.57. The fourth-order valence-electron chi connectivity index (χ4n) is 1.50. The molecule has 0 aliphatic carbocycles. The summed E-state index contributed by atoms with van der Waals surface area (Å²) in [5.74, 6) is 1.31. The van der Waals surface area contributed by atoms with Gasteiger partial charge in [0.1, 0.15) is 6.33 Å². The van der Waals surface area contributed by atoms with E-state index in [1.807, 2.05) is 6.92 Å². The average molecular weight is 291 g/mol. The summed E-state index contributed by atoms with van der Waals surface area (Å²) in [6, 6.07) is 0. The van der Waals surface area contributed by atoms with Crippen molar-refractivity contribution in [1.29, 1.82) is 0 Å². The first-order valence-corrected chi connectivity index (χ1v) is 7.15. The van der Waals surface area contributed by atoms with Crippen LogP contribution in [0.15, 0.2) is 28.9 Å². The molecule has 0 aliphatic heterocycles. The summed E-state index contributed by atoms with van der Waals surface area (Å²) in [5, 5.41) is 4.55. The lowest BCUT2D eigenvalue weighted by atomic mass is 10.4. The van der Waals surface area contributed by atoms with E-state index in [4.69, 9.17) is 4.74 Å². The Morgan fingerprint density at radius 2 is 1.95 bits per heavy atom. The molecule has 0 saturated heterocycles. The van der Waals surface area contributed by atoms with Crippen LogP contribution in [-0.2, 0) is 0 Å². The van der Waals surface area contributed by atoms with Crippen LogP contribution in [0.2, 0.25) is 0 Å². The smallest absolute Gasteiger partial charge is 0.194 e. The largest absolute Gasteiger partial charge is 0.490 e. The quantitative estimate of drug-likeness (QED) is 0.647. The molecule has 2 heterocycles. The van der Waals surface area contributed by atoms with Gasteiger partial charge in [-0.05, 0) is 30.7 Å². The van der Waals surface area contributed by atoms with Crippen LogP contribution in [0.1, 0.15) is 18.9 Å². The predicted octanol–water partition coefficient (Wildman–Crippen LogP) is 2.56. The molecule has 0 aromatic carbocycles. The second kappa shape index (κ2) is 7.04. The van der Waals surface area contributed by atoms with E-state index >= 15 is 0 Å². The number of aromatic nitrogens is 4. The van der Waals surface area contributed by atoms with Crippen molar-refractivity contribution in [2.45, 2.75) is 30.5 Å². The van der Waals surface area contributed by atoms with Crippen molar-refractivity contribution in [2.24, 2.45) is 0 Å². The van der Waals surface area contributed by atoms with Gasteiger partial charge in [0.15, 0.2) is 21.7 Å². The second-order valence-electron chi connectivity index (χ2n) is 4.13. The lowest BCUT2D eigenvalue weighted by molar-refractivity contribution is 0.400. The molecule has 0 saturated carbocycles. The van der Waals surface area contributed by atoms with E-state index in [1.165, 1.54) is 18.1 Å². The molecule has 0 aliphatic rings. The van der Waals surface area contributed by atoms with E-state index in [2.05, 4.69) is 32.2 Å². The Morgan fingerprint density at radius 1 is 1.20 bits per heavy atom. The van der Waals surface area contributed by atoms with Gasteiger partial charge in [-0.25, -0.2) is 19.9 Å². The average Bonchev–Trinajstić information content (AvgIpc) is 2.47. The highest BCUT2D eigenvalue weighted by Crippen LogP contribution is 2.34. The van der Waals surface area contributed by atoms with Crippen molar-refractivity contribution in [1.82, 2.24) is 19.9 Å². The first-order valence-electron chi connectivity index (χ1n) is 6.34. The standard InChI is InChI=1S/C13H17N5OS/c1-4-5-14-11-10(19-3)12(18-8-17-11)20-13-15-6-9(2)7-16-13/h6-8H,4-5H2,1-3H3,(H,14,17,18). The van der Waals surface area contributed by atoms with E-state index in [0.29, 0.717) is 21.7 Å². The third-order valence-electron chi connectivity index (χ3n) is 2.46. The van der Waals surface area contributed by atoms with Crippen LogP contribution >= 0.6 is 11.8 Å². The molecule has 0 radical (unpaired) electrons. The Kier molecular flexibility index (Phi) is 5.11. The Labute approximate surface area is 122 Å². The highest BCUT2D eigenvalue weighted by molar-refractivity contribution is 7.99. The van der Waals surface area contributed by atoms with Crippen LogP contribution in [-0.4, -0.2) is 33.6 Å². The Morgan fingerprint density at radius 3 is 2.60 bits per heavy atom. The molecule has 106 valence electrons. The van der Waals surface area contributed by atoms with Crippen molar-refractivity contribution in [3.05, 3.63) is 24.3 Å². The van der Waals surface area contributed by atoms with Gasteiger partial charge in [-0.3, -0.25) is 0 Å². The van der Waals surface area contributed by atoms with Gasteiger partial charge in [0.2, 0.25) is 0 Å². The normalized spacial score (nSPS) is 10.3. The maximum Gasteiger partial charge on any atom is 0.194 e. The molecule has 2 rings (SSSR count). The molecule has 7 heteroatoms. The third-order valence-corrected chi connectivity index (χ3v) is 3.34. The monoisotopic (exact) mass is 291 g/mol. The summed E-state index contributed by atoms with van der Waals surface area (Å²) in [5.41, 5.74) is 1.02. The van der Waals surface area contributed by atoms with Crippen LogP contribution in [0.3, 0.4) is 0 Å². The number of ether oxygens (including phenoxy) is 1. The summed E-state index contributed by atoms with van der Waals surface area (Å²) in [6.07, 6.45) is 6.08. The number of hydrogen-bond donors (Lipinski definition) is 1. The summed E-state index contributed by atoms with van der Waals surface area (Å²) in [6.45, 7) is 4.88. The number of rotatable bonds is 6. The molecular weight excluding hydrogens is 274 g/mol. The minimum absolute atomic E-state index is 0.620. The van der Waals surface area contributed by atoms with Crippen molar-refractivity contribution in [3.63, 3.8) is 0 Å². The minimum Gasteiger partial charge on any atom is -0.490 e. The molecular formula is C13H17N5OS. The molecule has 0 unspecified atom stereocenters.